The van der Waals surface area contributed by atoms with Gasteiger partial charge in [0.2, 0.25) is 5.91 Å². The maximum atomic E-state index is 13.6. The van der Waals surface area contributed by atoms with Gasteiger partial charge in [-0.15, -0.1) is 0 Å². The zero-order valence-electron chi connectivity index (χ0n) is 19.4. The van der Waals surface area contributed by atoms with Crippen LogP contribution < -0.4 is 19.8 Å². The molecule has 1 atom stereocenters. The Labute approximate surface area is 212 Å². The zero-order chi connectivity index (χ0) is 25.8. The fraction of sp³-hybridized carbons (Fsp3) is 0.154. The van der Waals surface area contributed by atoms with Crippen LogP contribution in [-0.2, 0) is 9.59 Å². The first-order valence-corrected chi connectivity index (χ1v) is 11.3. The Balaban J connectivity index is 1.72. The van der Waals surface area contributed by atoms with Crippen molar-refractivity contribution in [2.24, 2.45) is 0 Å². The molecule has 0 spiro atoms. The van der Waals surface area contributed by atoms with E-state index < -0.39 is 29.7 Å². The van der Waals surface area contributed by atoms with Crippen LogP contribution in [0, 0.1) is 0 Å². The molecule has 1 heterocycles. The van der Waals surface area contributed by atoms with Gasteiger partial charge < -0.3 is 9.47 Å². The number of hydrazine groups is 1. The fourth-order valence-corrected chi connectivity index (χ4v) is 4.05. The molecule has 3 aromatic rings. The predicted molar refractivity (Wildman–Crippen MR) is 132 cm³/mol. The average molecular weight is 508 g/mol. The highest BCUT2D eigenvalue weighted by molar-refractivity contribution is 6.31. The fourth-order valence-electron chi connectivity index (χ4n) is 3.86. The average Bonchev–Trinajstić information content (AvgIpc) is 3.19. The number of nitrogens with zero attached hydrogens (tertiary/aromatic N) is 2. The van der Waals surface area contributed by atoms with Gasteiger partial charge in [-0.05, 0) is 42.5 Å². The van der Waals surface area contributed by atoms with E-state index >= 15 is 0 Å². The minimum atomic E-state index is -1.30. The molecular formula is C26H22ClN3O6. The van der Waals surface area contributed by atoms with Crippen molar-refractivity contribution in [1.29, 1.82) is 0 Å². The van der Waals surface area contributed by atoms with E-state index in [9.17, 15) is 19.2 Å². The maximum Gasteiger partial charge on any atom is 0.276 e. The molecule has 1 aliphatic rings. The SMILES string of the molecule is COc1cccc(N2C(=O)CC(N(NC(=O)c3cccc(Cl)c3)C(=O)c3ccccc3OC)C2=O)c1. The molecule has 9 nitrogen and oxygen atoms in total. The molecule has 1 aliphatic heterocycles. The van der Waals surface area contributed by atoms with Gasteiger partial charge in [0.1, 0.15) is 17.5 Å². The van der Waals surface area contributed by atoms with Crippen molar-refractivity contribution in [3.63, 3.8) is 0 Å². The molecule has 3 aromatic carbocycles. The van der Waals surface area contributed by atoms with Gasteiger partial charge in [0, 0.05) is 16.7 Å². The first kappa shape index (κ1) is 24.7. The Kier molecular flexibility index (Phi) is 7.21. The summed E-state index contributed by atoms with van der Waals surface area (Å²) in [5.41, 5.74) is 3.06. The second-order valence-electron chi connectivity index (χ2n) is 7.82. The van der Waals surface area contributed by atoms with Gasteiger partial charge >= 0.3 is 0 Å². The van der Waals surface area contributed by atoms with E-state index in [1.54, 1.807) is 48.5 Å². The molecule has 36 heavy (non-hydrogen) atoms. The van der Waals surface area contributed by atoms with E-state index in [1.165, 1.54) is 38.5 Å². The number of hydrogen-bond acceptors (Lipinski definition) is 6. The number of anilines is 1. The highest BCUT2D eigenvalue weighted by Gasteiger charge is 2.46. The van der Waals surface area contributed by atoms with Crippen molar-refractivity contribution < 1.29 is 28.7 Å². The second kappa shape index (κ2) is 10.5. The van der Waals surface area contributed by atoms with Crippen LogP contribution in [-0.4, -0.2) is 48.9 Å². The molecule has 1 saturated heterocycles. The second-order valence-corrected chi connectivity index (χ2v) is 8.25. The molecule has 1 N–H and O–H groups in total. The highest BCUT2D eigenvalue weighted by Crippen LogP contribution is 2.29. The lowest BCUT2D eigenvalue weighted by atomic mass is 10.1. The standard InChI is InChI=1S/C26H22ClN3O6/c1-35-19-10-6-9-18(14-19)29-23(31)15-21(26(29)34)30(25(33)20-11-3-4-12-22(20)36-2)28-24(32)16-7-5-8-17(27)13-16/h3-14,21H,15H2,1-2H3,(H,28,32). The number of carbonyl (C=O) groups is 4. The Bertz CT molecular complexity index is 1340. The number of nitrogens with one attached hydrogen (secondary N) is 1. The van der Waals surface area contributed by atoms with Crippen molar-refractivity contribution >= 4 is 40.9 Å². The first-order chi connectivity index (χ1) is 17.3. The predicted octanol–water partition coefficient (Wildman–Crippen LogP) is 3.48. The molecule has 4 rings (SSSR count). The lowest BCUT2D eigenvalue weighted by Gasteiger charge is -2.28. The van der Waals surface area contributed by atoms with Crippen LogP contribution in [0.1, 0.15) is 27.1 Å². The summed E-state index contributed by atoms with van der Waals surface area (Å²) >= 11 is 6.01. The number of methoxy groups -OCH3 is 2. The number of hydrogen-bond donors (Lipinski definition) is 1. The summed E-state index contributed by atoms with van der Waals surface area (Å²) < 4.78 is 10.5. The van der Waals surface area contributed by atoms with Crippen LogP contribution in [0.25, 0.3) is 0 Å². The first-order valence-electron chi connectivity index (χ1n) is 10.9. The van der Waals surface area contributed by atoms with Gasteiger partial charge in [-0.2, -0.15) is 0 Å². The number of amides is 4. The highest BCUT2D eigenvalue weighted by atomic mass is 35.5. The number of ether oxygens (including phenoxy) is 2. The quantitative estimate of drug-likeness (QED) is 0.404. The molecular weight excluding hydrogens is 486 g/mol. The van der Waals surface area contributed by atoms with Crippen molar-refractivity contribution in [2.75, 3.05) is 19.1 Å². The van der Waals surface area contributed by atoms with E-state index in [4.69, 9.17) is 21.1 Å². The van der Waals surface area contributed by atoms with Gasteiger partial charge in [0.05, 0.1) is 31.9 Å². The molecule has 0 saturated carbocycles. The van der Waals surface area contributed by atoms with Gasteiger partial charge in [-0.3, -0.25) is 24.6 Å². The van der Waals surface area contributed by atoms with Crippen LogP contribution in [0.15, 0.2) is 72.8 Å². The normalized spacial score (nSPS) is 15.0. The number of imide groups is 1. The summed E-state index contributed by atoms with van der Waals surface area (Å²) in [6, 6.07) is 17.6. The molecule has 10 heteroatoms. The summed E-state index contributed by atoms with van der Waals surface area (Å²) in [4.78, 5) is 54.1. The largest absolute Gasteiger partial charge is 0.497 e. The van der Waals surface area contributed by atoms with Crippen molar-refractivity contribution in [2.45, 2.75) is 12.5 Å². The lowest BCUT2D eigenvalue weighted by Crippen LogP contribution is -2.54. The monoisotopic (exact) mass is 507 g/mol. The summed E-state index contributed by atoms with van der Waals surface area (Å²) in [7, 11) is 2.87. The van der Waals surface area contributed by atoms with Crippen LogP contribution in [0.4, 0.5) is 5.69 Å². The molecule has 0 bridgehead atoms. The van der Waals surface area contributed by atoms with Crippen LogP contribution in [0.5, 0.6) is 11.5 Å². The molecule has 0 aliphatic carbocycles. The van der Waals surface area contributed by atoms with E-state index in [0.29, 0.717) is 10.8 Å². The summed E-state index contributed by atoms with van der Waals surface area (Å²) in [5.74, 6) is -1.92. The van der Waals surface area contributed by atoms with E-state index in [1.807, 2.05) is 0 Å². The van der Waals surface area contributed by atoms with Crippen LogP contribution in [0.2, 0.25) is 5.02 Å². The van der Waals surface area contributed by atoms with Gasteiger partial charge in [-0.25, -0.2) is 9.91 Å². The Hall–Kier alpha value is -4.37. The van der Waals surface area contributed by atoms with Gasteiger partial charge in [0.15, 0.2) is 0 Å². The van der Waals surface area contributed by atoms with E-state index in [2.05, 4.69) is 5.43 Å². The van der Waals surface area contributed by atoms with Crippen LogP contribution in [0.3, 0.4) is 0 Å². The number of para-hydroxylation sites is 1. The zero-order valence-corrected chi connectivity index (χ0v) is 20.2. The third kappa shape index (κ3) is 4.87. The molecule has 0 aromatic heterocycles. The van der Waals surface area contributed by atoms with Crippen LogP contribution >= 0.6 is 11.6 Å². The van der Waals surface area contributed by atoms with Crippen molar-refractivity contribution in [3.05, 3.63) is 88.9 Å². The summed E-state index contributed by atoms with van der Waals surface area (Å²) in [5, 5.41) is 1.20. The van der Waals surface area contributed by atoms with E-state index in [-0.39, 0.29) is 29.0 Å². The third-order valence-corrected chi connectivity index (χ3v) is 5.85. The number of rotatable bonds is 6. The molecule has 1 unspecified atom stereocenters. The number of benzene rings is 3. The third-order valence-electron chi connectivity index (χ3n) is 5.61. The van der Waals surface area contributed by atoms with Gasteiger partial charge in [0.25, 0.3) is 17.7 Å². The van der Waals surface area contributed by atoms with E-state index in [0.717, 1.165) is 9.91 Å². The molecule has 4 amide bonds. The van der Waals surface area contributed by atoms with Crippen molar-refractivity contribution in [3.8, 4) is 11.5 Å². The number of carbonyl (C=O) groups excluding carboxylic acids is 4. The summed E-state index contributed by atoms with van der Waals surface area (Å²) in [6.07, 6.45) is -0.341. The molecule has 1 fully saturated rings. The summed E-state index contributed by atoms with van der Waals surface area (Å²) in [6.45, 7) is 0. The Morgan fingerprint density at radius 2 is 1.72 bits per heavy atom. The minimum Gasteiger partial charge on any atom is -0.497 e. The number of halogens is 1. The minimum absolute atomic E-state index is 0.103. The van der Waals surface area contributed by atoms with Gasteiger partial charge in [-0.1, -0.05) is 35.9 Å². The lowest BCUT2D eigenvalue weighted by molar-refractivity contribution is -0.122. The molecule has 184 valence electrons. The molecule has 0 radical (unpaired) electrons. The Morgan fingerprint density at radius 3 is 2.44 bits per heavy atom. The smallest absolute Gasteiger partial charge is 0.276 e. The Morgan fingerprint density at radius 1 is 0.972 bits per heavy atom. The van der Waals surface area contributed by atoms with Crippen molar-refractivity contribution in [1.82, 2.24) is 10.4 Å². The maximum absolute atomic E-state index is 13.6. The topological polar surface area (TPSA) is 105 Å².